The highest BCUT2D eigenvalue weighted by molar-refractivity contribution is 7.99. The highest BCUT2D eigenvalue weighted by Crippen LogP contribution is 2.27. The van der Waals surface area contributed by atoms with Crippen LogP contribution in [0.5, 0.6) is 0 Å². The summed E-state index contributed by atoms with van der Waals surface area (Å²) in [5, 5.41) is 6.48. The maximum atomic E-state index is 12.0. The van der Waals surface area contributed by atoms with E-state index in [4.69, 9.17) is 0 Å². The third-order valence-corrected chi connectivity index (χ3v) is 4.73. The van der Waals surface area contributed by atoms with E-state index in [9.17, 15) is 4.79 Å². The van der Waals surface area contributed by atoms with Crippen LogP contribution in [-0.2, 0) is 4.79 Å². The average Bonchev–Trinajstić information content (AvgIpc) is 2.83. The van der Waals surface area contributed by atoms with Gasteiger partial charge in [0.05, 0.1) is 6.04 Å². The lowest BCUT2D eigenvalue weighted by Gasteiger charge is -2.32. The SMILES string of the molecule is CCC1CCCCC1NC(=O)C1CSCN1. The molecule has 0 aromatic rings. The molecule has 2 aliphatic rings. The molecule has 0 bridgehead atoms. The predicted octanol–water partition coefficient (Wildman–Crippen LogP) is 1.73. The normalized spacial score (nSPS) is 34.9. The Hall–Kier alpha value is -0.220. The van der Waals surface area contributed by atoms with E-state index in [1.54, 1.807) is 0 Å². The summed E-state index contributed by atoms with van der Waals surface area (Å²) >= 11 is 1.81. The molecule has 1 saturated heterocycles. The van der Waals surface area contributed by atoms with Crippen molar-refractivity contribution in [3.63, 3.8) is 0 Å². The van der Waals surface area contributed by atoms with Gasteiger partial charge in [0.15, 0.2) is 0 Å². The zero-order valence-electron chi connectivity index (χ0n) is 10.00. The first-order valence-electron chi connectivity index (χ1n) is 6.42. The van der Waals surface area contributed by atoms with Crippen molar-refractivity contribution >= 4 is 17.7 Å². The predicted molar refractivity (Wildman–Crippen MR) is 68.4 cm³/mol. The summed E-state index contributed by atoms with van der Waals surface area (Å²) in [6, 6.07) is 0.475. The lowest BCUT2D eigenvalue weighted by atomic mass is 9.83. The fourth-order valence-electron chi connectivity index (χ4n) is 2.73. The minimum absolute atomic E-state index is 0.0458. The fraction of sp³-hybridized carbons (Fsp3) is 0.917. The van der Waals surface area contributed by atoms with Crippen molar-refractivity contribution in [3.05, 3.63) is 0 Å². The van der Waals surface area contributed by atoms with Crippen LogP contribution in [0.15, 0.2) is 0 Å². The number of nitrogens with one attached hydrogen (secondary N) is 2. The summed E-state index contributed by atoms with van der Waals surface area (Å²) < 4.78 is 0. The molecular formula is C12H22N2OS. The molecule has 1 amide bonds. The number of hydrogen-bond acceptors (Lipinski definition) is 3. The lowest BCUT2D eigenvalue weighted by molar-refractivity contribution is -0.123. The lowest BCUT2D eigenvalue weighted by Crippen LogP contribution is -2.49. The van der Waals surface area contributed by atoms with Crippen LogP contribution in [0.3, 0.4) is 0 Å². The first-order chi connectivity index (χ1) is 7.81. The van der Waals surface area contributed by atoms with Gasteiger partial charge in [0.25, 0.3) is 0 Å². The summed E-state index contributed by atoms with van der Waals surface area (Å²) in [5.74, 6) is 2.76. The Morgan fingerprint density at radius 3 is 2.94 bits per heavy atom. The summed E-state index contributed by atoms with van der Waals surface area (Å²) in [7, 11) is 0. The van der Waals surface area contributed by atoms with E-state index in [0.717, 1.165) is 11.6 Å². The Labute approximate surface area is 102 Å². The Morgan fingerprint density at radius 1 is 1.44 bits per heavy atom. The molecule has 0 aromatic carbocycles. The second-order valence-corrected chi connectivity index (χ2v) is 5.87. The van der Waals surface area contributed by atoms with Crippen LogP contribution in [0.25, 0.3) is 0 Å². The van der Waals surface area contributed by atoms with Crippen molar-refractivity contribution in [1.29, 1.82) is 0 Å². The highest BCUT2D eigenvalue weighted by atomic mass is 32.2. The van der Waals surface area contributed by atoms with Crippen molar-refractivity contribution in [1.82, 2.24) is 10.6 Å². The van der Waals surface area contributed by atoms with E-state index < -0.39 is 0 Å². The van der Waals surface area contributed by atoms with Gasteiger partial charge in [-0.05, 0) is 18.8 Å². The van der Waals surface area contributed by atoms with Crippen molar-refractivity contribution < 1.29 is 4.79 Å². The fourth-order valence-corrected chi connectivity index (χ4v) is 3.68. The summed E-state index contributed by atoms with van der Waals surface area (Å²) in [5.41, 5.74) is 0. The first-order valence-corrected chi connectivity index (χ1v) is 7.58. The number of hydrogen-bond donors (Lipinski definition) is 2. The summed E-state index contributed by atoms with van der Waals surface area (Å²) in [6.45, 7) is 2.23. The number of carbonyl (C=O) groups is 1. The van der Waals surface area contributed by atoms with E-state index in [2.05, 4.69) is 17.6 Å². The molecule has 2 fully saturated rings. The molecule has 92 valence electrons. The van der Waals surface area contributed by atoms with Gasteiger partial charge in [-0.2, -0.15) is 0 Å². The van der Waals surface area contributed by atoms with Crippen molar-refractivity contribution in [2.75, 3.05) is 11.6 Å². The monoisotopic (exact) mass is 242 g/mol. The Bertz CT molecular complexity index is 241. The Morgan fingerprint density at radius 2 is 2.25 bits per heavy atom. The summed E-state index contributed by atoms with van der Waals surface area (Å²) in [4.78, 5) is 12.0. The van der Waals surface area contributed by atoms with Crippen LogP contribution in [0, 0.1) is 5.92 Å². The van der Waals surface area contributed by atoms with Gasteiger partial charge >= 0.3 is 0 Å². The second kappa shape index (κ2) is 5.92. The minimum Gasteiger partial charge on any atom is -0.352 e. The molecular weight excluding hydrogens is 220 g/mol. The van der Waals surface area contributed by atoms with E-state index in [0.29, 0.717) is 12.0 Å². The molecule has 3 nitrogen and oxygen atoms in total. The second-order valence-electron chi connectivity index (χ2n) is 4.84. The Balaban J connectivity index is 1.84. The molecule has 3 unspecified atom stereocenters. The van der Waals surface area contributed by atoms with Gasteiger partial charge in [-0.3, -0.25) is 10.1 Å². The molecule has 16 heavy (non-hydrogen) atoms. The van der Waals surface area contributed by atoms with Crippen LogP contribution in [0.2, 0.25) is 0 Å². The molecule has 4 heteroatoms. The standard InChI is InChI=1S/C12H22N2OS/c1-2-9-5-3-4-6-10(9)14-12(15)11-7-16-8-13-11/h9-11,13H,2-8H2,1H3,(H,14,15). The van der Waals surface area contributed by atoms with E-state index >= 15 is 0 Å². The Kier molecular flexibility index (Phi) is 4.53. The third-order valence-electron chi connectivity index (χ3n) is 3.79. The first kappa shape index (κ1) is 12.2. The molecule has 1 aliphatic heterocycles. The number of rotatable bonds is 3. The van der Waals surface area contributed by atoms with Crippen molar-refractivity contribution in [2.24, 2.45) is 5.92 Å². The highest BCUT2D eigenvalue weighted by Gasteiger charge is 2.29. The third kappa shape index (κ3) is 2.92. The molecule has 1 heterocycles. The largest absolute Gasteiger partial charge is 0.352 e. The van der Waals surface area contributed by atoms with Crippen LogP contribution in [0.1, 0.15) is 39.0 Å². The van der Waals surface area contributed by atoms with Crippen LogP contribution >= 0.6 is 11.8 Å². The molecule has 1 saturated carbocycles. The van der Waals surface area contributed by atoms with E-state index in [1.165, 1.54) is 32.1 Å². The zero-order chi connectivity index (χ0) is 11.4. The van der Waals surface area contributed by atoms with Crippen molar-refractivity contribution in [3.8, 4) is 0 Å². The molecule has 0 spiro atoms. The topological polar surface area (TPSA) is 41.1 Å². The van der Waals surface area contributed by atoms with Gasteiger partial charge < -0.3 is 5.32 Å². The van der Waals surface area contributed by atoms with E-state index in [1.807, 2.05) is 11.8 Å². The van der Waals surface area contributed by atoms with E-state index in [-0.39, 0.29) is 11.9 Å². The van der Waals surface area contributed by atoms with Gasteiger partial charge in [0.1, 0.15) is 0 Å². The zero-order valence-corrected chi connectivity index (χ0v) is 10.8. The number of carbonyl (C=O) groups excluding carboxylic acids is 1. The van der Waals surface area contributed by atoms with Crippen molar-refractivity contribution in [2.45, 2.75) is 51.1 Å². The molecule has 3 atom stereocenters. The molecule has 2 rings (SSSR count). The average molecular weight is 242 g/mol. The van der Waals surface area contributed by atoms with Gasteiger partial charge in [-0.25, -0.2) is 0 Å². The quantitative estimate of drug-likeness (QED) is 0.792. The maximum Gasteiger partial charge on any atom is 0.238 e. The minimum atomic E-state index is 0.0458. The summed E-state index contributed by atoms with van der Waals surface area (Å²) in [6.07, 6.45) is 6.26. The van der Waals surface area contributed by atoms with Crippen LogP contribution < -0.4 is 10.6 Å². The maximum absolute atomic E-state index is 12.0. The van der Waals surface area contributed by atoms with Gasteiger partial charge in [0, 0.05) is 17.7 Å². The van der Waals surface area contributed by atoms with Gasteiger partial charge in [0.2, 0.25) is 5.91 Å². The molecule has 2 N–H and O–H groups in total. The van der Waals surface area contributed by atoms with Gasteiger partial charge in [-0.1, -0.05) is 26.2 Å². The van der Waals surface area contributed by atoms with Crippen LogP contribution in [0.4, 0.5) is 0 Å². The smallest absolute Gasteiger partial charge is 0.238 e. The van der Waals surface area contributed by atoms with Gasteiger partial charge in [-0.15, -0.1) is 11.8 Å². The molecule has 1 aliphatic carbocycles. The molecule has 0 radical (unpaired) electrons. The van der Waals surface area contributed by atoms with Crippen LogP contribution in [-0.4, -0.2) is 29.6 Å². The molecule has 0 aromatic heterocycles. The number of amides is 1. The number of thioether (sulfide) groups is 1.